The number of halogens is 2. The van der Waals surface area contributed by atoms with Crippen LogP contribution in [0.1, 0.15) is 24.7 Å². The third-order valence-corrected chi connectivity index (χ3v) is 2.44. The molecule has 3 nitrogen and oxygen atoms in total. The minimum atomic E-state index is -2.30. The summed E-state index contributed by atoms with van der Waals surface area (Å²) in [5.74, 6) is 0.833. The first-order valence-electron chi connectivity index (χ1n) is 5.86. The second-order valence-corrected chi connectivity index (χ2v) is 4.13. The summed E-state index contributed by atoms with van der Waals surface area (Å²) in [6.45, 7) is 3.94. The predicted octanol–water partition coefficient (Wildman–Crippen LogP) is 2.48. The highest BCUT2D eigenvalue weighted by Gasteiger charge is 2.12. The summed E-state index contributed by atoms with van der Waals surface area (Å²) in [5, 5.41) is 3.23. The van der Waals surface area contributed by atoms with E-state index in [-0.39, 0.29) is 6.54 Å². The smallest absolute Gasteiger partial charge is 0.251 e. The molecule has 1 heterocycles. The van der Waals surface area contributed by atoms with Crippen LogP contribution in [0.5, 0.6) is 0 Å². The second kappa shape index (κ2) is 7.40. The van der Waals surface area contributed by atoms with E-state index in [9.17, 15) is 8.78 Å². The maximum absolute atomic E-state index is 12.2. The molecule has 0 amide bonds. The van der Waals surface area contributed by atoms with Crippen molar-refractivity contribution in [2.45, 2.75) is 32.9 Å². The minimum Gasteiger partial charge on any atom is -0.468 e. The molecule has 0 radical (unpaired) electrons. The zero-order chi connectivity index (χ0) is 12.7. The van der Waals surface area contributed by atoms with E-state index in [1.807, 2.05) is 6.07 Å². The van der Waals surface area contributed by atoms with Crippen LogP contribution in [0.2, 0.25) is 0 Å². The van der Waals surface area contributed by atoms with Crippen molar-refractivity contribution in [1.82, 2.24) is 10.2 Å². The van der Waals surface area contributed by atoms with Crippen molar-refractivity contribution in [1.29, 1.82) is 0 Å². The first kappa shape index (κ1) is 14.1. The SMILES string of the molecule is CCCNCc1occc1CN(C)CC(F)F. The van der Waals surface area contributed by atoms with Crippen molar-refractivity contribution >= 4 is 0 Å². The molecule has 0 saturated heterocycles. The fourth-order valence-electron chi connectivity index (χ4n) is 1.63. The number of hydrogen-bond donors (Lipinski definition) is 1. The second-order valence-electron chi connectivity index (χ2n) is 4.13. The number of nitrogens with zero attached hydrogens (tertiary/aromatic N) is 1. The van der Waals surface area contributed by atoms with Crippen LogP contribution in [0.4, 0.5) is 8.78 Å². The van der Waals surface area contributed by atoms with Gasteiger partial charge in [0.15, 0.2) is 0 Å². The Morgan fingerprint density at radius 2 is 2.24 bits per heavy atom. The fourth-order valence-corrected chi connectivity index (χ4v) is 1.63. The van der Waals surface area contributed by atoms with Gasteiger partial charge in [0.25, 0.3) is 6.43 Å². The molecule has 5 heteroatoms. The number of rotatable bonds is 8. The van der Waals surface area contributed by atoms with Crippen molar-refractivity contribution in [3.63, 3.8) is 0 Å². The summed E-state index contributed by atoms with van der Waals surface area (Å²) in [7, 11) is 1.68. The average molecular weight is 246 g/mol. The van der Waals surface area contributed by atoms with Crippen molar-refractivity contribution in [3.05, 3.63) is 23.7 Å². The Morgan fingerprint density at radius 3 is 2.88 bits per heavy atom. The fraction of sp³-hybridized carbons (Fsp3) is 0.667. The molecular weight excluding hydrogens is 226 g/mol. The number of alkyl halides is 2. The van der Waals surface area contributed by atoms with Gasteiger partial charge in [0.05, 0.1) is 19.4 Å². The number of nitrogens with one attached hydrogen (secondary N) is 1. The number of furan rings is 1. The highest BCUT2D eigenvalue weighted by atomic mass is 19.3. The van der Waals surface area contributed by atoms with Gasteiger partial charge >= 0.3 is 0 Å². The molecule has 0 unspecified atom stereocenters. The largest absolute Gasteiger partial charge is 0.468 e. The Hall–Kier alpha value is -0.940. The van der Waals surface area contributed by atoms with Gasteiger partial charge < -0.3 is 9.73 Å². The lowest BCUT2D eigenvalue weighted by atomic mass is 10.2. The van der Waals surface area contributed by atoms with Crippen molar-refractivity contribution in [2.75, 3.05) is 20.1 Å². The summed E-state index contributed by atoms with van der Waals surface area (Å²) in [5.41, 5.74) is 0.969. The van der Waals surface area contributed by atoms with Crippen molar-refractivity contribution in [2.24, 2.45) is 0 Å². The van der Waals surface area contributed by atoms with E-state index in [1.165, 1.54) is 0 Å². The Labute approximate surface area is 101 Å². The van der Waals surface area contributed by atoms with Crippen LogP contribution in [0, 0.1) is 0 Å². The van der Waals surface area contributed by atoms with Gasteiger partial charge in [0.1, 0.15) is 5.76 Å². The van der Waals surface area contributed by atoms with Gasteiger partial charge in [-0.15, -0.1) is 0 Å². The molecule has 1 rings (SSSR count). The molecule has 0 saturated carbocycles. The van der Waals surface area contributed by atoms with Gasteiger partial charge in [-0.25, -0.2) is 8.78 Å². The quantitative estimate of drug-likeness (QED) is 0.714. The van der Waals surface area contributed by atoms with Crippen LogP contribution >= 0.6 is 0 Å². The van der Waals surface area contributed by atoms with Crippen LogP contribution in [0.15, 0.2) is 16.7 Å². The predicted molar refractivity (Wildman–Crippen MR) is 63.0 cm³/mol. The Balaban J connectivity index is 2.44. The van der Waals surface area contributed by atoms with Crippen LogP contribution in [0.3, 0.4) is 0 Å². The molecule has 1 N–H and O–H groups in total. The van der Waals surface area contributed by atoms with E-state index in [4.69, 9.17) is 4.42 Å². The third kappa shape index (κ3) is 5.28. The molecule has 0 aliphatic carbocycles. The molecular formula is C12H20F2N2O. The normalized spacial score (nSPS) is 11.6. The lowest BCUT2D eigenvalue weighted by Gasteiger charge is -2.15. The molecule has 1 aromatic rings. The Bertz CT molecular complexity index is 315. The van der Waals surface area contributed by atoms with Crippen LogP contribution in [-0.4, -0.2) is 31.5 Å². The van der Waals surface area contributed by atoms with E-state index in [1.54, 1.807) is 18.2 Å². The Morgan fingerprint density at radius 1 is 1.47 bits per heavy atom. The Kier molecular flexibility index (Phi) is 6.15. The van der Waals surface area contributed by atoms with Crippen LogP contribution in [-0.2, 0) is 13.1 Å². The summed E-state index contributed by atoms with van der Waals surface area (Å²) >= 11 is 0. The molecule has 0 fully saturated rings. The first-order chi connectivity index (χ1) is 8.13. The standard InChI is InChI=1S/C12H20F2N2O/c1-3-5-15-7-11-10(4-6-17-11)8-16(2)9-12(13)14/h4,6,12,15H,3,5,7-9H2,1-2H3. The summed E-state index contributed by atoms with van der Waals surface area (Å²) in [6.07, 6.45) is 0.365. The zero-order valence-electron chi connectivity index (χ0n) is 10.4. The van der Waals surface area contributed by atoms with Crippen molar-refractivity contribution in [3.8, 4) is 0 Å². The first-order valence-corrected chi connectivity index (χ1v) is 5.86. The molecule has 17 heavy (non-hydrogen) atoms. The lowest BCUT2D eigenvalue weighted by molar-refractivity contribution is 0.0973. The van der Waals surface area contributed by atoms with E-state index in [2.05, 4.69) is 12.2 Å². The highest BCUT2D eigenvalue weighted by Crippen LogP contribution is 2.13. The van der Waals surface area contributed by atoms with Gasteiger partial charge in [-0.05, 0) is 26.1 Å². The van der Waals surface area contributed by atoms with Gasteiger partial charge in [0, 0.05) is 12.1 Å². The molecule has 98 valence electrons. The van der Waals surface area contributed by atoms with Gasteiger partial charge in [-0.3, -0.25) is 4.90 Å². The number of hydrogen-bond acceptors (Lipinski definition) is 3. The zero-order valence-corrected chi connectivity index (χ0v) is 10.4. The molecule has 0 bridgehead atoms. The average Bonchev–Trinajstić information content (AvgIpc) is 2.65. The molecule has 1 aromatic heterocycles. The monoisotopic (exact) mass is 246 g/mol. The molecule has 0 aliphatic rings. The topological polar surface area (TPSA) is 28.4 Å². The van der Waals surface area contributed by atoms with Gasteiger partial charge in [-0.1, -0.05) is 6.92 Å². The minimum absolute atomic E-state index is 0.215. The van der Waals surface area contributed by atoms with Gasteiger partial charge in [-0.2, -0.15) is 0 Å². The van der Waals surface area contributed by atoms with Crippen LogP contribution in [0.25, 0.3) is 0 Å². The lowest BCUT2D eigenvalue weighted by Crippen LogP contribution is -2.24. The van der Waals surface area contributed by atoms with E-state index in [0.29, 0.717) is 13.1 Å². The van der Waals surface area contributed by atoms with E-state index in [0.717, 1.165) is 24.3 Å². The van der Waals surface area contributed by atoms with E-state index < -0.39 is 6.43 Å². The van der Waals surface area contributed by atoms with E-state index >= 15 is 0 Å². The molecule has 0 spiro atoms. The highest BCUT2D eigenvalue weighted by molar-refractivity contribution is 5.16. The van der Waals surface area contributed by atoms with Crippen LogP contribution < -0.4 is 5.32 Å². The maximum Gasteiger partial charge on any atom is 0.251 e. The third-order valence-electron chi connectivity index (χ3n) is 2.44. The maximum atomic E-state index is 12.2. The molecule has 0 aliphatic heterocycles. The summed E-state index contributed by atoms with van der Waals surface area (Å²) in [4.78, 5) is 1.60. The van der Waals surface area contributed by atoms with Crippen molar-refractivity contribution < 1.29 is 13.2 Å². The molecule has 0 atom stereocenters. The summed E-state index contributed by atoms with van der Waals surface area (Å²) in [6, 6.07) is 1.84. The summed E-state index contributed by atoms with van der Waals surface area (Å²) < 4.78 is 29.7. The van der Waals surface area contributed by atoms with Gasteiger partial charge in [0.2, 0.25) is 0 Å². The molecule has 0 aromatic carbocycles.